The molecule has 206 valence electrons. The van der Waals surface area contributed by atoms with E-state index in [1.165, 1.54) is 0 Å². The molecule has 0 aromatic heterocycles. The second-order valence-corrected chi connectivity index (χ2v) is 11.1. The van der Waals surface area contributed by atoms with Crippen LogP contribution in [0, 0.1) is 17.3 Å². The third-order valence-corrected chi connectivity index (χ3v) is 8.42. The minimum atomic E-state index is -5.72. The Balaban J connectivity index is 1.15. The van der Waals surface area contributed by atoms with Crippen molar-refractivity contribution in [1.29, 1.82) is 0 Å². The zero-order valence-electron chi connectivity index (χ0n) is 20.0. The maximum Gasteiger partial charge on any atom is 0.434 e. The highest BCUT2D eigenvalue weighted by Crippen LogP contribution is 2.44. The van der Waals surface area contributed by atoms with Gasteiger partial charge in [-0.3, -0.25) is 4.90 Å². The number of hydrogen-bond donors (Lipinski definition) is 0. The first kappa shape index (κ1) is 26.7. The molecule has 4 heterocycles. The minimum absolute atomic E-state index is 0.0467. The maximum absolute atomic E-state index is 12.7. The minimum Gasteiger partial charge on any atom is -0.426 e. The molecule has 0 radical (unpaired) electrons. The van der Waals surface area contributed by atoms with E-state index in [2.05, 4.69) is 20.6 Å². The smallest absolute Gasteiger partial charge is 0.426 e. The molecule has 4 aliphatic rings. The quantitative estimate of drug-likeness (QED) is 0.492. The summed E-state index contributed by atoms with van der Waals surface area (Å²) in [5.74, 6) is 1.05. The van der Waals surface area contributed by atoms with Crippen molar-refractivity contribution >= 4 is 23.4 Å². The lowest BCUT2D eigenvalue weighted by Crippen LogP contribution is -2.60. The van der Waals surface area contributed by atoms with Gasteiger partial charge >= 0.3 is 18.4 Å². The van der Waals surface area contributed by atoms with Crippen molar-refractivity contribution in [1.82, 2.24) is 9.80 Å². The van der Waals surface area contributed by atoms with Crippen LogP contribution in [0.2, 0.25) is 5.02 Å². The van der Waals surface area contributed by atoms with Crippen LogP contribution in [0.15, 0.2) is 18.2 Å². The largest absolute Gasteiger partial charge is 0.434 e. The Labute approximate surface area is 215 Å². The summed E-state index contributed by atoms with van der Waals surface area (Å²) in [4.78, 5) is 17.6. The van der Waals surface area contributed by atoms with Gasteiger partial charge in [0.1, 0.15) is 0 Å². The van der Waals surface area contributed by atoms with Gasteiger partial charge in [0, 0.05) is 73.9 Å². The second kappa shape index (κ2) is 9.68. The summed E-state index contributed by atoms with van der Waals surface area (Å²) in [5, 5.41) is 0.688. The molecular formula is C24H28ClF6N3O3. The Morgan fingerprint density at radius 2 is 1.65 bits per heavy atom. The molecule has 0 aliphatic carbocycles. The summed E-state index contributed by atoms with van der Waals surface area (Å²) in [5.41, 5.74) is 2.03. The number of alkyl halides is 6. The normalized spacial score (nSPS) is 26.1. The highest BCUT2D eigenvalue weighted by atomic mass is 35.5. The van der Waals surface area contributed by atoms with E-state index in [9.17, 15) is 31.1 Å². The van der Waals surface area contributed by atoms with Gasteiger partial charge in [0.2, 0.25) is 0 Å². The van der Waals surface area contributed by atoms with Crippen molar-refractivity contribution in [2.45, 2.75) is 37.8 Å². The van der Waals surface area contributed by atoms with Crippen LogP contribution < -0.4 is 4.90 Å². The molecule has 1 aromatic rings. The maximum atomic E-state index is 12.7. The van der Waals surface area contributed by atoms with Gasteiger partial charge in [-0.15, -0.1) is 0 Å². The number of amides is 1. The number of carbonyl (C=O) groups is 1. The molecule has 37 heavy (non-hydrogen) atoms. The van der Waals surface area contributed by atoms with Gasteiger partial charge in [-0.1, -0.05) is 17.7 Å². The molecule has 1 aromatic carbocycles. The standard InChI is InChI=1S/C24H28ClF6N3O3/c25-18-2-1-3-19(34-8-15-11-36-12-16(15)9-34)17(18)10-32-13-22(14-32)4-6-33(7-5-22)21(35)37-20(23(26,27)28)24(29,30)31/h1-3,15-16,20H,4-14H2. The molecule has 0 N–H and O–H groups in total. The van der Waals surface area contributed by atoms with Gasteiger partial charge < -0.3 is 19.3 Å². The van der Waals surface area contributed by atoms with E-state index in [1.54, 1.807) is 0 Å². The lowest BCUT2D eigenvalue weighted by molar-refractivity contribution is -0.308. The molecule has 4 aliphatic heterocycles. The van der Waals surface area contributed by atoms with Crippen LogP contribution in [0.5, 0.6) is 0 Å². The fraction of sp³-hybridized carbons (Fsp3) is 0.708. The van der Waals surface area contributed by atoms with Gasteiger partial charge in [-0.05, 0) is 30.4 Å². The van der Waals surface area contributed by atoms with E-state index in [0.29, 0.717) is 49.3 Å². The molecule has 13 heteroatoms. The SMILES string of the molecule is O=C(OC(C(F)(F)F)C(F)(F)F)N1CCC2(CC1)CN(Cc1c(Cl)cccc1N1CC3COCC3C1)C2. The first-order valence-electron chi connectivity index (χ1n) is 12.3. The van der Waals surface area contributed by atoms with Crippen molar-refractivity contribution in [2.24, 2.45) is 17.3 Å². The predicted octanol–water partition coefficient (Wildman–Crippen LogP) is 4.95. The zero-order valence-corrected chi connectivity index (χ0v) is 20.7. The van der Waals surface area contributed by atoms with Gasteiger partial charge in [0.05, 0.1) is 13.2 Å². The van der Waals surface area contributed by atoms with Gasteiger partial charge in [0.15, 0.2) is 0 Å². The molecule has 5 rings (SSSR count). The van der Waals surface area contributed by atoms with Crippen molar-refractivity contribution < 1.29 is 40.6 Å². The number of piperidine rings is 1. The van der Waals surface area contributed by atoms with Gasteiger partial charge in [-0.2, -0.15) is 26.3 Å². The molecule has 6 nitrogen and oxygen atoms in total. The van der Waals surface area contributed by atoms with E-state index in [0.717, 1.165) is 42.5 Å². The summed E-state index contributed by atoms with van der Waals surface area (Å²) < 4.78 is 85.8. The fourth-order valence-corrected chi connectivity index (χ4v) is 6.33. The third-order valence-electron chi connectivity index (χ3n) is 8.07. The van der Waals surface area contributed by atoms with Crippen LogP contribution in [0.3, 0.4) is 0 Å². The number of rotatable bonds is 4. The van der Waals surface area contributed by atoms with Gasteiger partial charge in [-0.25, -0.2) is 4.79 Å². The second-order valence-electron chi connectivity index (χ2n) is 10.7. The van der Waals surface area contributed by atoms with Crippen LogP contribution >= 0.6 is 11.6 Å². The molecule has 1 amide bonds. The highest BCUT2D eigenvalue weighted by Gasteiger charge is 2.60. The Morgan fingerprint density at radius 3 is 2.22 bits per heavy atom. The Kier molecular flexibility index (Phi) is 6.98. The summed E-state index contributed by atoms with van der Waals surface area (Å²) in [6.07, 6.45) is -16.2. The number of benzene rings is 1. The van der Waals surface area contributed by atoms with E-state index < -0.39 is 24.5 Å². The monoisotopic (exact) mass is 555 g/mol. The fourth-order valence-electron chi connectivity index (χ4n) is 6.10. The summed E-state index contributed by atoms with van der Waals surface area (Å²) in [7, 11) is 0. The van der Waals surface area contributed by atoms with Crippen LogP contribution in [-0.2, 0) is 16.0 Å². The van der Waals surface area contributed by atoms with Crippen LogP contribution in [0.1, 0.15) is 18.4 Å². The summed E-state index contributed by atoms with van der Waals surface area (Å²) in [6.45, 7) is 5.59. The number of carbonyl (C=O) groups excluding carboxylic acids is 1. The molecule has 0 bridgehead atoms. The first-order valence-corrected chi connectivity index (χ1v) is 12.6. The number of ether oxygens (including phenoxy) is 2. The number of hydrogen-bond acceptors (Lipinski definition) is 5. The molecule has 0 saturated carbocycles. The van der Waals surface area contributed by atoms with Crippen molar-refractivity contribution in [3.8, 4) is 0 Å². The topological polar surface area (TPSA) is 45.2 Å². The number of fused-ring (bicyclic) bond motifs is 1. The number of halogens is 7. The van der Waals surface area contributed by atoms with Gasteiger partial charge in [0.25, 0.3) is 6.10 Å². The third kappa shape index (κ3) is 5.47. The average Bonchev–Trinajstić information content (AvgIpc) is 3.39. The molecular weight excluding hydrogens is 528 g/mol. The number of likely N-dealkylation sites (tertiary alicyclic amines) is 2. The lowest BCUT2D eigenvalue weighted by Gasteiger charge is -2.54. The van der Waals surface area contributed by atoms with Crippen LogP contribution in [0.25, 0.3) is 0 Å². The van der Waals surface area contributed by atoms with E-state index in [-0.39, 0.29) is 18.5 Å². The molecule has 4 fully saturated rings. The van der Waals surface area contributed by atoms with Crippen molar-refractivity contribution in [2.75, 3.05) is 57.4 Å². The number of anilines is 1. The predicted molar refractivity (Wildman–Crippen MR) is 122 cm³/mol. The highest BCUT2D eigenvalue weighted by molar-refractivity contribution is 6.31. The van der Waals surface area contributed by atoms with E-state index >= 15 is 0 Å². The van der Waals surface area contributed by atoms with Crippen LogP contribution in [0.4, 0.5) is 36.8 Å². The molecule has 4 saturated heterocycles. The summed E-state index contributed by atoms with van der Waals surface area (Å²) >= 11 is 6.59. The summed E-state index contributed by atoms with van der Waals surface area (Å²) in [6, 6.07) is 5.90. The Bertz CT molecular complexity index is 980. The van der Waals surface area contributed by atoms with Crippen molar-refractivity contribution in [3.63, 3.8) is 0 Å². The average molecular weight is 556 g/mol. The van der Waals surface area contributed by atoms with E-state index in [1.807, 2.05) is 12.1 Å². The molecule has 2 atom stereocenters. The Morgan fingerprint density at radius 1 is 1.05 bits per heavy atom. The molecule has 2 unspecified atom stereocenters. The first-order chi connectivity index (χ1) is 17.3. The molecule has 1 spiro atoms. The van der Waals surface area contributed by atoms with Crippen molar-refractivity contribution in [3.05, 3.63) is 28.8 Å². The number of nitrogens with zero attached hydrogens (tertiary/aromatic N) is 3. The van der Waals surface area contributed by atoms with E-state index in [4.69, 9.17) is 16.3 Å². The zero-order chi connectivity index (χ0) is 26.6. The van der Waals surface area contributed by atoms with Crippen LogP contribution in [-0.4, -0.2) is 86.8 Å². The Hall–Kier alpha value is -1.92. The lowest BCUT2D eigenvalue weighted by atomic mass is 9.72.